The van der Waals surface area contributed by atoms with Crippen molar-refractivity contribution in [1.82, 2.24) is 5.32 Å². The molecule has 1 aliphatic rings. The fraction of sp³-hybridized carbons (Fsp3) is 1.00. The van der Waals surface area contributed by atoms with Crippen molar-refractivity contribution in [2.45, 2.75) is 31.8 Å². The van der Waals surface area contributed by atoms with Crippen molar-refractivity contribution in [2.75, 3.05) is 25.0 Å². The molecule has 1 saturated heterocycles. The molecule has 1 N–H and O–H groups in total. The summed E-state index contributed by atoms with van der Waals surface area (Å²) in [7, 11) is 0. The van der Waals surface area contributed by atoms with Gasteiger partial charge in [0, 0.05) is 18.5 Å². The zero-order valence-corrected chi connectivity index (χ0v) is 9.11. The smallest absolute Gasteiger partial charge is 0.0700 e. The highest BCUT2D eigenvalue weighted by Crippen LogP contribution is 2.10. The molecule has 72 valence electrons. The summed E-state index contributed by atoms with van der Waals surface area (Å²) in [5, 5.41) is 4.54. The van der Waals surface area contributed by atoms with Crippen LogP contribution in [0.5, 0.6) is 0 Å². The molecule has 0 aromatic heterocycles. The first kappa shape index (κ1) is 10.5. The van der Waals surface area contributed by atoms with Crippen LogP contribution in [0, 0.1) is 0 Å². The largest absolute Gasteiger partial charge is 0.377 e. The number of ether oxygens (including phenoxy) is 1. The number of rotatable bonds is 6. The molecule has 1 rings (SSSR count). The first-order chi connectivity index (χ1) is 5.93. The van der Waals surface area contributed by atoms with Crippen LogP contribution in [0.4, 0.5) is 0 Å². The van der Waals surface area contributed by atoms with Crippen molar-refractivity contribution in [3.8, 4) is 0 Å². The second-order valence-electron chi connectivity index (χ2n) is 3.24. The van der Waals surface area contributed by atoms with Gasteiger partial charge in [-0.2, -0.15) is 0 Å². The summed E-state index contributed by atoms with van der Waals surface area (Å²) >= 11 is 3.42. The van der Waals surface area contributed by atoms with Crippen LogP contribution in [0.1, 0.15) is 25.7 Å². The predicted molar refractivity (Wildman–Crippen MR) is 54.9 cm³/mol. The quantitative estimate of drug-likeness (QED) is 0.562. The Hall–Kier alpha value is 0.400. The Bertz CT molecular complexity index is 105. The predicted octanol–water partition coefficient (Wildman–Crippen LogP) is 1.93. The number of hydrogen-bond acceptors (Lipinski definition) is 2. The van der Waals surface area contributed by atoms with Crippen LogP contribution < -0.4 is 5.32 Å². The maximum absolute atomic E-state index is 5.49. The molecular weight excluding hydrogens is 218 g/mol. The summed E-state index contributed by atoms with van der Waals surface area (Å²) in [6.45, 7) is 3.14. The van der Waals surface area contributed by atoms with Gasteiger partial charge in [0.2, 0.25) is 0 Å². The molecule has 0 bridgehead atoms. The molecule has 1 unspecified atom stereocenters. The summed E-state index contributed by atoms with van der Waals surface area (Å²) in [5.74, 6) is 0. The molecule has 0 saturated carbocycles. The molecule has 1 fully saturated rings. The molecule has 12 heavy (non-hydrogen) atoms. The Morgan fingerprint density at radius 2 is 2.33 bits per heavy atom. The minimum atomic E-state index is 0.494. The van der Waals surface area contributed by atoms with Crippen molar-refractivity contribution >= 4 is 15.9 Å². The SMILES string of the molecule is BrCCCCNCC1CCCO1. The average Bonchev–Trinajstić information content (AvgIpc) is 2.57. The van der Waals surface area contributed by atoms with Gasteiger partial charge in [-0.25, -0.2) is 0 Å². The van der Waals surface area contributed by atoms with E-state index in [4.69, 9.17) is 4.74 Å². The number of unbranched alkanes of at least 4 members (excludes halogenated alkanes) is 1. The third-order valence-electron chi connectivity index (χ3n) is 2.13. The molecule has 0 aromatic carbocycles. The standard InChI is InChI=1S/C9H18BrNO/c10-5-1-2-6-11-8-9-4-3-7-12-9/h9,11H,1-8H2. The van der Waals surface area contributed by atoms with Crippen molar-refractivity contribution in [1.29, 1.82) is 0 Å². The highest BCUT2D eigenvalue weighted by atomic mass is 79.9. The lowest BCUT2D eigenvalue weighted by Crippen LogP contribution is -2.27. The Balaban J connectivity index is 1.81. The van der Waals surface area contributed by atoms with E-state index in [2.05, 4.69) is 21.2 Å². The minimum absolute atomic E-state index is 0.494. The highest BCUT2D eigenvalue weighted by molar-refractivity contribution is 9.09. The molecule has 3 heteroatoms. The lowest BCUT2D eigenvalue weighted by atomic mass is 10.2. The number of alkyl halides is 1. The monoisotopic (exact) mass is 235 g/mol. The Morgan fingerprint density at radius 3 is 3.00 bits per heavy atom. The van der Waals surface area contributed by atoms with E-state index in [0.717, 1.165) is 25.0 Å². The molecule has 0 radical (unpaired) electrons. The second-order valence-corrected chi connectivity index (χ2v) is 4.03. The van der Waals surface area contributed by atoms with Crippen LogP contribution in [0.25, 0.3) is 0 Å². The summed E-state index contributed by atoms with van der Waals surface area (Å²) in [5.41, 5.74) is 0. The summed E-state index contributed by atoms with van der Waals surface area (Å²) in [6, 6.07) is 0. The zero-order valence-electron chi connectivity index (χ0n) is 7.52. The van der Waals surface area contributed by atoms with E-state index in [9.17, 15) is 0 Å². The molecule has 0 aliphatic carbocycles. The van der Waals surface area contributed by atoms with Gasteiger partial charge in [-0.05, 0) is 32.2 Å². The maximum atomic E-state index is 5.49. The number of hydrogen-bond donors (Lipinski definition) is 1. The third kappa shape index (κ3) is 4.43. The van der Waals surface area contributed by atoms with Crippen molar-refractivity contribution in [2.24, 2.45) is 0 Å². The van der Waals surface area contributed by atoms with E-state index in [1.54, 1.807) is 0 Å². The van der Waals surface area contributed by atoms with Gasteiger partial charge < -0.3 is 10.1 Å². The van der Waals surface area contributed by atoms with E-state index in [-0.39, 0.29) is 0 Å². The van der Waals surface area contributed by atoms with Gasteiger partial charge in [-0.3, -0.25) is 0 Å². The fourth-order valence-electron chi connectivity index (χ4n) is 1.41. The second kappa shape index (κ2) is 6.87. The maximum Gasteiger partial charge on any atom is 0.0700 e. The minimum Gasteiger partial charge on any atom is -0.377 e. The third-order valence-corrected chi connectivity index (χ3v) is 2.69. The lowest BCUT2D eigenvalue weighted by Gasteiger charge is -2.09. The Kier molecular flexibility index (Phi) is 6.00. The van der Waals surface area contributed by atoms with E-state index in [1.165, 1.54) is 25.7 Å². The van der Waals surface area contributed by atoms with Crippen LogP contribution in [0.3, 0.4) is 0 Å². The Morgan fingerprint density at radius 1 is 1.42 bits per heavy atom. The fourth-order valence-corrected chi connectivity index (χ4v) is 1.81. The van der Waals surface area contributed by atoms with Crippen LogP contribution >= 0.6 is 15.9 Å². The molecule has 1 heterocycles. The van der Waals surface area contributed by atoms with Crippen molar-refractivity contribution < 1.29 is 4.74 Å². The van der Waals surface area contributed by atoms with Gasteiger partial charge in [0.05, 0.1) is 6.10 Å². The topological polar surface area (TPSA) is 21.3 Å². The van der Waals surface area contributed by atoms with Gasteiger partial charge in [0.1, 0.15) is 0 Å². The Labute approximate surface area is 83.2 Å². The first-order valence-corrected chi connectivity index (χ1v) is 5.94. The summed E-state index contributed by atoms with van der Waals surface area (Å²) < 4.78 is 5.49. The van der Waals surface area contributed by atoms with Gasteiger partial charge in [-0.1, -0.05) is 15.9 Å². The van der Waals surface area contributed by atoms with Gasteiger partial charge in [0.15, 0.2) is 0 Å². The van der Waals surface area contributed by atoms with Crippen molar-refractivity contribution in [3.05, 3.63) is 0 Å². The molecule has 1 atom stereocenters. The number of nitrogens with one attached hydrogen (secondary N) is 1. The highest BCUT2D eigenvalue weighted by Gasteiger charge is 2.13. The number of halogens is 1. The molecule has 0 amide bonds. The average molecular weight is 236 g/mol. The van der Waals surface area contributed by atoms with Gasteiger partial charge in [0.25, 0.3) is 0 Å². The summed E-state index contributed by atoms with van der Waals surface area (Å²) in [4.78, 5) is 0. The molecular formula is C9H18BrNO. The van der Waals surface area contributed by atoms with Crippen molar-refractivity contribution in [3.63, 3.8) is 0 Å². The van der Waals surface area contributed by atoms with E-state index in [0.29, 0.717) is 6.10 Å². The molecule has 1 aliphatic heterocycles. The van der Waals surface area contributed by atoms with Gasteiger partial charge >= 0.3 is 0 Å². The normalized spacial score (nSPS) is 23.2. The zero-order chi connectivity index (χ0) is 8.65. The summed E-state index contributed by atoms with van der Waals surface area (Å²) in [6.07, 6.45) is 5.50. The first-order valence-electron chi connectivity index (χ1n) is 4.82. The van der Waals surface area contributed by atoms with E-state index >= 15 is 0 Å². The van der Waals surface area contributed by atoms with Crippen LogP contribution in [-0.4, -0.2) is 31.1 Å². The molecule has 2 nitrogen and oxygen atoms in total. The van der Waals surface area contributed by atoms with E-state index in [1.807, 2.05) is 0 Å². The van der Waals surface area contributed by atoms with Crippen LogP contribution in [-0.2, 0) is 4.74 Å². The van der Waals surface area contributed by atoms with Crippen LogP contribution in [0.15, 0.2) is 0 Å². The molecule has 0 spiro atoms. The van der Waals surface area contributed by atoms with Gasteiger partial charge in [-0.15, -0.1) is 0 Å². The van der Waals surface area contributed by atoms with E-state index < -0.39 is 0 Å². The molecule has 0 aromatic rings. The lowest BCUT2D eigenvalue weighted by molar-refractivity contribution is 0.110. The van der Waals surface area contributed by atoms with Crippen LogP contribution in [0.2, 0.25) is 0 Å².